The first-order chi connectivity index (χ1) is 9.21. The Bertz CT molecular complexity index is 397. The number of hydrogen-bond acceptors (Lipinski definition) is 3. The Morgan fingerprint density at radius 2 is 2.10 bits per heavy atom. The minimum Gasteiger partial charge on any atom is -0.344 e. The molecule has 0 aromatic rings. The van der Waals surface area contributed by atoms with Gasteiger partial charge in [0.1, 0.15) is 6.04 Å². The predicted molar refractivity (Wildman–Crippen MR) is 82.7 cm³/mol. The Morgan fingerprint density at radius 3 is 2.65 bits per heavy atom. The third-order valence-electron chi connectivity index (χ3n) is 4.16. The second-order valence-corrected chi connectivity index (χ2v) is 8.96. The van der Waals surface area contributed by atoms with Crippen LogP contribution < -0.4 is 5.32 Å². The van der Waals surface area contributed by atoms with Gasteiger partial charge in [-0.3, -0.25) is 9.59 Å². The van der Waals surface area contributed by atoms with Crippen molar-refractivity contribution < 1.29 is 9.59 Å². The number of amides is 2. The highest BCUT2D eigenvalue weighted by Gasteiger charge is 2.41. The average Bonchev–Trinajstić information content (AvgIpc) is 2.70. The molecule has 2 saturated heterocycles. The fourth-order valence-corrected chi connectivity index (χ4v) is 4.25. The molecule has 2 amide bonds. The van der Waals surface area contributed by atoms with Crippen molar-refractivity contribution in [2.75, 3.05) is 18.8 Å². The van der Waals surface area contributed by atoms with Gasteiger partial charge in [-0.05, 0) is 30.9 Å². The van der Waals surface area contributed by atoms with Crippen LogP contribution in [0.2, 0.25) is 0 Å². The molecule has 2 rings (SSSR count). The number of hydrogen-bond donors (Lipinski definition) is 1. The maximum absolute atomic E-state index is 12.8. The smallest absolute Gasteiger partial charge is 0.245 e. The molecule has 1 N–H and O–H groups in total. The van der Waals surface area contributed by atoms with Gasteiger partial charge >= 0.3 is 0 Å². The molecular weight excluding hydrogens is 272 g/mol. The van der Waals surface area contributed by atoms with Gasteiger partial charge < -0.3 is 10.2 Å². The van der Waals surface area contributed by atoms with Gasteiger partial charge in [-0.15, -0.1) is 0 Å². The summed E-state index contributed by atoms with van der Waals surface area (Å²) in [7, 11) is 0. The van der Waals surface area contributed by atoms with Crippen LogP contribution in [0, 0.1) is 5.41 Å². The zero-order valence-electron chi connectivity index (χ0n) is 13.0. The molecule has 2 atom stereocenters. The number of rotatable bonds is 2. The van der Waals surface area contributed by atoms with Crippen LogP contribution in [0.5, 0.6) is 0 Å². The molecular formula is C15H26N2O2S. The van der Waals surface area contributed by atoms with E-state index < -0.39 is 6.04 Å². The van der Waals surface area contributed by atoms with Crippen molar-refractivity contribution in [3.8, 4) is 0 Å². The zero-order chi connectivity index (χ0) is 15.0. The highest BCUT2D eigenvalue weighted by molar-refractivity contribution is 8.00. The molecule has 2 aliphatic rings. The first-order valence-electron chi connectivity index (χ1n) is 7.43. The van der Waals surface area contributed by atoms with Gasteiger partial charge in [-0.1, -0.05) is 20.8 Å². The Hall–Kier alpha value is -0.710. The topological polar surface area (TPSA) is 49.4 Å². The van der Waals surface area contributed by atoms with Gasteiger partial charge in [-0.2, -0.15) is 11.8 Å². The molecule has 0 saturated carbocycles. The molecule has 5 heteroatoms. The molecule has 0 aromatic heterocycles. The van der Waals surface area contributed by atoms with E-state index >= 15 is 0 Å². The summed E-state index contributed by atoms with van der Waals surface area (Å²) in [6.07, 6.45) is 2.80. The molecule has 0 radical (unpaired) electrons. The van der Waals surface area contributed by atoms with E-state index in [1.807, 2.05) is 37.4 Å². The Labute approximate surface area is 126 Å². The van der Waals surface area contributed by atoms with Crippen molar-refractivity contribution in [2.45, 2.75) is 57.7 Å². The molecule has 2 unspecified atom stereocenters. The monoisotopic (exact) mass is 298 g/mol. The quantitative estimate of drug-likeness (QED) is 0.848. The van der Waals surface area contributed by atoms with Gasteiger partial charge in [0.25, 0.3) is 0 Å². The zero-order valence-corrected chi connectivity index (χ0v) is 13.8. The molecule has 20 heavy (non-hydrogen) atoms. The van der Waals surface area contributed by atoms with Gasteiger partial charge in [0, 0.05) is 24.3 Å². The highest BCUT2D eigenvalue weighted by atomic mass is 32.2. The fourth-order valence-electron chi connectivity index (χ4n) is 2.93. The molecule has 114 valence electrons. The molecule has 0 bridgehead atoms. The first kappa shape index (κ1) is 15.7. The Morgan fingerprint density at radius 1 is 1.40 bits per heavy atom. The van der Waals surface area contributed by atoms with E-state index in [9.17, 15) is 9.59 Å². The first-order valence-corrected chi connectivity index (χ1v) is 8.42. The van der Waals surface area contributed by atoms with E-state index in [1.54, 1.807) is 0 Å². The predicted octanol–water partition coefficient (Wildman–Crippen LogP) is 2.04. The maximum Gasteiger partial charge on any atom is 0.245 e. The van der Waals surface area contributed by atoms with E-state index in [0.717, 1.165) is 13.0 Å². The Kier molecular flexibility index (Phi) is 4.38. The van der Waals surface area contributed by atoms with Crippen molar-refractivity contribution in [2.24, 2.45) is 5.41 Å². The lowest BCUT2D eigenvalue weighted by atomic mass is 9.85. The lowest BCUT2D eigenvalue weighted by molar-refractivity contribution is -0.136. The van der Waals surface area contributed by atoms with Crippen LogP contribution in [0.3, 0.4) is 0 Å². The molecule has 4 nitrogen and oxygen atoms in total. The van der Waals surface area contributed by atoms with E-state index in [0.29, 0.717) is 13.0 Å². The minimum atomic E-state index is -0.410. The number of nitrogens with zero attached hydrogens (tertiary/aromatic N) is 1. The number of thioether (sulfide) groups is 1. The molecule has 2 aliphatic heterocycles. The summed E-state index contributed by atoms with van der Waals surface area (Å²) in [5.74, 6) is 1.25. The van der Waals surface area contributed by atoms with Gasteiger partial charge in [0.15, 0.2) is 0 Å². The van der Waals surface area contributed by atoms with Crippen LogP contribution >= 0.6 is 11.8 Å². The van der Waals surface area contributed by atoms with E-state index in [4.69, 9.17) is 0 Å². The van der Waals surface area contributed by atoms with Gasteiger partial charge in [0.2, 0.25) is 11.8 Å². The number of carbonyl (C=O) groups excluding carboxylic acids is 2. The van der Waals surface area contributed by atoms with Crippen molar-refractivity contribution in [1.29, 1.82) is 0 Å². The van der Waals surface area contributed by atoms with Crippen LogP contribution in [0.1, 0.15) is 47.0 Å². The van der Waals surface area contributed by atoms with Crippen molar-refractivity contribution in [1.82, 2.24) is 10.2 Å². The van der Waals surface area contributed by atoms with E-state index in [1.165, 1.54) is 12.2 Å². The van der Waals surface area contributed by atoms with Crippen LogP contribution in [0.4, 0.5) is 0 Å². The summed E-state index contributed by atoms with van der Waals surface area (Å²) in [6.45, 7) is 9.57. The Balaban J connectivity index is 2.15. The van der Waals surface area contributed by atoms with Crippen molar-refractivity contribution in [3.63, 3.8) is 0 Å². The summed E-state index contributed by atoms with van der Waals surface area (Å²) in [6, 6.07) is -0.410. The third kappa shape index (κ3) is 3.48. The fraction of sp³-hybridized carbons (Fsp3) is 0.867. The van der Waals surface area contributed by atoms with Crippen molar-refractivity contribution in [3.05, 3.63) is 0 Å². The normalized spacial score (nSPS) is 32.2. The second-order valence-electron chi connectivity index (χ2n) is 7.28. The minimum absolute atomic E-state index is 0.00926. The maximum atomic E-state index is 12.8. The number of nitrogens with one attached hydrogen (secondary N) is 1. The summed E-state index contributed by atoms with van der Waals surface area (Å²) >= 11 is 1.96. The number of carbonyl (C=O) groups is 2. The molecule has 0 spiro atoms. The SMILES string of the molecule is CC1(CN2CCC(=O)NC(C(C)(C)C)C2=O)CCCS1. The molecule has 0 aromatic carbocycles. The van der Waals surface area contributed by atoms with Crippen molar-refractivity contribution >= 4 is 23.6 Å². The summed E-state index contributed by atoms with van der Waals surface area (Å²) in [5.41, 5.74) is -0.251. The lowest BCUT2D eigenvalue weighted by Crippen LogP contribution is -2.53. The molecule has 2 fully saturated rings. The second kappa shape index (κ2) is 5.58. The molecule has 2 heterocycles. The summed E-state index contributed by atoms with van der Waals surface area (Å²) < 4.78 is 0.158. The lowest BCUT2D eigenvalue weighted by Gasteiger charge is -2.35. The third-order valence-corrected chi connectivity index (χ3v) is 5.69. The van der Waals surface area contributed by atoms with Crippen LogP contribution in [0.25, 0.3) is 0 Å². The van der Waals surface area contributed by atoms with Crippen LogP contribution in [0.15, 0.2) is 0 Å². The highest BCUT2D eigenvalue weighted by Crippen LogP contribution is 2.38. The molecule has 0 aliphatic carbocycles. The van der Waals surface area contributed by atoms with Gasteiger partial charge in [0.05, 0.1) is 0 Å². The largest absolute Gasteiger partial charge is 0.344 e. The van der Waals surface area contributed by atoms with Gasteiger partial charge in [-0.25, -0.2) is 0 Å². The standard InChI is InChI=1S/C15H26N2O2S/c1-14(2,3)12-13(19)17(8-6-11(18)16-12)10-15(4)7-5-9-20-15/h12H,5-10H2,1-4H3,(H,16,18). The average molecular weight is 298 g/mol. The summed E-state index contributed by atoms with van der Waals surface area (Å²) in [4.78, 5) is 26.5. The van der Waals surface area contributed by atoms with E-state index in [-0.39, 0.29) is 22.0 Å². The summed E-state index contributed by atoms with van der Waals surface area (Å²) in [5, 5.41) is 2.90. The van der Waals surface area contributed by atoms with Crippen LogP contribution in [-0.2, 0) is 9.59 Å². The van der Waals surface area contributed by atoms with Crippen LogP contribution in [-0.4, -0.2) is 46.3 Å². The van der Waals surface area contributed by atoms with E-state index in [2.05, 4.69) is 12.2 Å².